The second-order valence-electron chi connectivity index (χ2n) is 7.17. The van der Waals surface area contributed by atoms with Gasteiger partial charge in [-0.1, -0.05) is 31.5 Å². The normalized spacial score (nSPS) is 15.8. The molecule has 3 rings (SSSR count). The molecule has 1 atom stereocenters. The highest BCUT2D eigenvalue weighted by Crippen LogP contribution is 2.39. The summed E-state index contributed by atoms with van der Waals surface area (Å²) >= 11 is 6.97. The number of hydrogen-bond acceptors (Lipinski definition) is 5. The summed E-state index contributed by atoms with van der Waals surface area (Å²) in [6.07, 6.45) is 0.804. The molecule has 0 radical (unpaired) electrons. The maximum Gasteiger partial charge on any atom is 0.341 e. The first kappa shape index (κ1) is 20.8. The minimum atomic E-state index is -0.315. The van der Waals surface area contributed by atoms with Gasteiger partial charge >= 0.3 is 5.97 Å². The quantitative estimate of drug-likeness (QED) is 0.518. The highest BCUT2D eigenvalue weighted by molar-refractivity contribution is 7.80. The predicted octanol–water partition coefficient (Wildman–Crippen LogP) is 5.14. The summed E-state index contributed by atoms with van der Waals surface area (Å²) in [5.41, 5.74) is 3.68. The van der Waals surface area contributed by atoms with Gasteiger partial charge in [-0.05, 0) is 49.7 Å². The van der Waals surface area contributed by atoms with Crippen LogP contribution in [0, 0.1) is 12.8 Å². The first-order valence-electron chi connectivity index (χ1n) is 9.47. The zero-order valence-corrected chi connectivity index (χ0v) is 18.3. The van der Waals surface area contributed by atoms with E-state index < -0.39 is 0 Å². The number of anilines is 2. The third-order valence-corrected chi connectivity index (χ3v) is 6.01. The lowest BCUT2D eigenvalue weighted by atomic mass is 9.94. The number of carbonyl (C=O) groups excluding carboxylic acids is 1. The van der Waals surface area contributed by atoms with Crippen LogP contribution in [0.3, 0.4) is 0 Å². The van der Waals surface area contributed by atoms with E-state index in [2.05, 4.69) is 24.5 Å². The van der Waals surface area contributed by atoms with Crippen LogP contribution < -0.4 is 10.6 Å². The standard InChI is InChI=1S/C21H26N2O3S2/c1-5-25-20(24)18-15-10-16(12(2)3)26-11-17(15)28-19(18)23-21(27)22-14-8-6-13(4)7-9-14/h6-9,12,16H,5,10-11H2,1-4H3,(H2,22,23,27)/t16-/m1/s1. The van der Waals surface area contributed by atoms with Gasteiger partial charge in [0.2, 0.25) is 0 Å². The van der Waals surface area contributed by atoms with Crippen LogP contribution >= 0.6 is 23.6 Å². The van der Waals surface area contributed by atoms with Gasteiger partial charge in [-0.2, -0.15) is 0 Å². The van der Waals surface area contributed by atoms with E-state index in [-0.39, 0.29) is 12.1 Å². The Kier molecular flexibility index (Phi) is 6.69. The van der Waals surface area contributed by atoms with E-state index in [1.54, 1.807) is 0 Å². The maximum absolute atomic E-state index is 12.7. The number of rotatable bonds is 5. The number of fused-ring (bicyclic) bond motifs is 1. The summed E-state index contributed by atoms with van der Waals surface area (Å²) in [4.78, 5) is 13.7. The molecule has 1 aliphatic heterocycles. The van der Waals surface area contributed by atoms with E-state index >= 15 is 0 Å². The fourth-order valence-electron chi connectivity index (χ4n) is 3.13. The van der Waals surface area contributed by atoms with Crippen molar-refractivity contribution in [2.24, 2.45) is 5.92 Å². The van der Waals surface area contributed by atoms with Crippen LogP contribution in [0.15, 0.2) is 24.3 Å². The molecule has 7 heteroatoms. The van der Waals surface area contributed by atoms with Crippen molar-refractivity contribution in [2.45, 2.75) is 46.8 Å². The third kappa shape index (κ3) is 4.71. The van der Waals surface area contributed by atoms with Crippen LogP contribution in [0.1, 0.15) is 47.1 Å². The topological polar surface area (TPSA) is 59.6 Å². The van der Waals surface area contributed by atoms with Crippen LogP contribution in [0.2, 0.25) is 0 Å². The van der Waals surface area contributed by atoms with Crippen LogP contribution in [0.4, 0.5) is 10.7 Å². The zero-order valence-electron chi connectivity index (χ0n) is 16.6. The molecule has 1 aromatic heterocycles. The highest BCUT2D eigenvalue weighted by atomic mass is 32.1. The molecule has 2 heterocycles. The van der Waals surface area contributed by atoms with Crippen LogP contribution in [-0.2, 0) is 22.5 Å². The smallest absolute Gasteiger partial charge is 0.341 e. The molecule has 2 N–H and O–H groups in total. The molecule has 0 fully saturated rings. The van der Waals surface area contributed by atoms with Crippen LogP contribution in [0.25, 0.3) is 0 Å². The van der Waals surface area contributed by atoms with E-state index in [4.69, 9.17) is 21.7 Å². The van der Waals surface area contributed by atoms with E-state index in [0.29, 0.717) is 41.2 Å². The average molecular weight is 419 g/mol. The molecule has 28 heavy (non-hydrogen) atoms. The fourth-order valence-corrected chi connectivity index (χ4v) is 4.55. The second kappa shape index (κ2) is 9.03. The average Bonchev–Trinajstić information content (AvgIpc) is 3.00. The van der Waals surface area contributed by atoms with Crippen molar-refractivity contribution < 1.29 is 14.3 Å². The van der Waals surface area contributed by atoms with Crippen molar-refractivity contribution in [3.8, 4) is 0 Å². The Morgan fingerprint density at radius 2 is 2.04 bits per heavy atom. The molecule has 0 saturated heterocycles. The van der Waals surface area contributed by atoms with Gasteiger partial charge in [0.1, 0.15) is 5.00 Å². The highest BCUT2D eigenvalue weighted by Gasteiger charge is 2.31. The van der Waals surface area contributed by atoms with Gasteiger partial charge in [-0.3, -0.25) is 0 Å². The van der Waals surface area contributed by atoms with E-state index in [1.165, 1.54) is 16.9 Å². The maximum atomic E-state index is 12.7. The lowest BCUT2D eigenvalue weighted by Crippen LogP contribution is -2.27. The van der Waals surface area contributed by atoms with Gasteiger partial charge in [0.15, 0.2) is 5.11 Å². The molecular formula is C21H26N2O3S2. The summed E-state index contributed by atoms with van der Waals surface area (Å²) in [6.45, 7) is 8.95. The molecule has 1 aromatic carbocycles. The van der Waals surface area contributed by atoms with Crippen molar-refractivity contribution in [1.29, 1.82) is 0 Å². The molecule has 0 bridgehead atoms. The summed E-state index contributed by atoms with van der Waals surface area (Å²) in [7, 11) is 0. The first-order valence-corrected chi connectivity index (χ1v) is 10.7. The largest absolute Gasteiger partial charge is 0.462 e. The number of nitrogens with one attached hydrogen (secondary N) is 2. The Morgan fingerprint density at radius 3 is 2.68 bits per heavy atom. The number of ether oxygens (including phenoxy) is 2. The number of thiophene rings is 1. The SMILES string of the molecule is CCOC(=O)c1c(NC(=S)Nc2ccc(C)cc2)sc2c1C[C@H](C(C)C)OC2. The van der Waals surface area contributed by atoms with Crippen molar-refractivity contribution in [3.63, 3.8) is 0 Å². The van der Waals surface area contributed by atoms with Crippen molar-refractivity contribution in [1.82, 2.24) is 0 Å². The lowest BCUT2D eigenvalue weighted by Gasteiger charge is -2.26. The van der Waals surface area contributed by atoms with E-state index in [0.717, 1.165) is 16.1 Å². The molecular weight excluding hydrogens is 392 g/mol. The predicted molar refractivity (Wildman–Crippen MR) is 118 cm³/mol. The zero-order chi connectivity index (χ0) is 20.3. The van der Waals surface area contributed by atoms with Crippen LogP contribution in [-0.4, -0.2) is 23.8 Å². The van der Waals surface area contributed by atoms with Gasteiger partial charge in [0.05, 0.1) is 24.9 Å². The molecule has 0 amide bonds. The second-order valence-corrected chi connectivity index (χ2v) is 8.68. The number of carbonyl (C=O) groups is 1. The number of aryl methyl sites for hydroxylation is 1. The van der Waals surface area contributed by atoms with Crippen molar-refractivity contribution in [2.75, 3.05) is 17.2 Å². The Hall–Kier alpha value is -1.96. The van der Waals surface area contributed by atoms with Crippen molar-refractivity contribution in [3.05, 3.63) is 45.8 Å². The van der Waals surface area contributed by atoms with E-state index in [1.807, 2.05) is 38.1 Å². The minimum Gasteiger partial charge on any atom is -0.462 e. The number of thiocarbonyl (C=S) groups is 1. The third-order valence-electron chi connectivity index (χ3n) is 4.68. The molecule has 0 unspecified atom stereocenters. The van der Waals surface area contributed by atoms with E-state index in [9.17, 15) is 4.79 Å². The lowest BCUT2D eigenvalue weighted by molar-refractivity contribution is 0.00124. The first-order chi connectivity index (χ1) is 13.4. The summed E-state index contributed by atoms with van der Waals surface area (Å²) in [6, 6.07) is 7.97. The molecule has 0 saturated carbocycles. The number of esters is 1. The summed E-state index contributed by atoms with van der Waals surface area (Å²) < 4.78 is 11.3. The minimum absolute atomic E-state index is 0.0979. The molecule has 150 valence electrons. The molecule has 2 aromatic rings. The summed E-state index contributed by atoms with van der Waals surface area (Å²) in [5.74, 6) is 0.0637. The van der Waals surface area contributed by atoms with Gasteiger partial charge in [0.25, 0.3) is 0 Å². The number of benzene rings is 1. The Balaban J connectivity index is 1.84. The molecule has 1 aliphatic rings. The molecule has 0 aliphatic carbocycles. The summed E-state index contributed by atoms with van der Waals surface area (Å²) in [5, 5.41) is 7.51. The van der Waals surface area contributed by atoms with Crippen molar-refractivity contribution >= 4 is 45.3 Å². The van der Waals surface area contributed by atoms with Gasteiger partial charge < -0.3 is 20.1 Å². The Morgan fingerprint density at radius 1 is 1.32 bits per heavy atom. The Bertz CT molecular complexity index is 859. The fraction of sp³-hybridized carbons (Fsp3) is 0.429. The number of hydrogen-bond donors (Lipinski definition) is 2. The van der Waals surface area contributed by atoms with Gasteiger partial charge in [-0.15, -0.1) is 11.3 Å². The monoisotopic (exact) mass is 418 g/mol. The van der Waals surface area contributed by atoms with Gasteiger partial charge in [-0.25, -0.2) is 4.79 Å². The molecule has 0 spiro atoms. The molecule has 5 nitrogen and oxygen atoms in total. The Labute approximate surface area is 175 Å². The van der Waals surface area contributed by atoms with Gasteiger partial charge in [0, 0.05) is 17.0 Å². The van der Waals surface area contributed by atoms with Crippen LogP contribution in [0.5, 0.6) is 0 Å².